The third kappa shape index (κ3) is 3.33. The number of urea groups is 1. The lowest BCUT2D eigenvalue weighted by molar-refractivity contribution is 0.238. The van der Waals surface area contributed by atoms with Crippen LogP contribution in [0.25, 0.3) is 0 Å². The van der Waals surface area contributed by atoms with Gasteiger partial charge in [-0.3, -0.25) is 0 Å². The Balaban J connectivity index is 2.33. The number of nitrogens with one attached hydrogen (secondary N) is 2. The molecular weight excluding hydrogens is 198 g/mol. The minimum Gasteiger partial charge on any atom is -0.338 e. The second kappa shape index (κ2) is 5.59. The molecule has 78 valence electrons. The number of carbonyl (C=O) groups excluding carboxylic acids is 1. The first kappa shape index (κ1) is 11.0. The fraction of sp³-hybridized carbons (Fsp3) is 0.556. The van der Waals surface area contributed by atoms with Gasteiger partial charge < -0.3 is 10.6 Å². The van der Waals surface area contributed by atoms with Crippen LogP contribution in [0.5, 0.6) is 0 Å². The Morgan fingerprint density at radius 2 is 2.50 bits per heavy atom. The molecule has 0 fully saturated rings. The molecule has 14 heavy (non-hydrogen) atoms. The van der Waals surface area contributed by atoms with E-state index >= 15 is 0 Å². The van der Waals surface area contributed by atoms with Gasteiger partial charge in [0.25, 0.3) is 0 Å². The first-order valence-electron chi connectivity index (χ1n) is 4.67. The van der Waals surface area contributed by atoms with Gasteiger partial charge in [0, 0.05) is 18.1 Å². The summed E-state index contributed by atoms with van der Waals surface area (Å²) < 4.78 is 0. The Labute approximate surface area is 87.7 Å². The Kier molecular flexibility index (Phi) is 4.39. The molecular formula is C9H15N3OS. The van der Waals surface area contributed by atoms with Gasteiger partial charge >= 0.3 is 6.03 Å². The van der Waals surface area contributed by atoms with Crippen molar-refractivity contribution < 1.29 is 4.79 Å². The zero-order chi connectivity index (χ0) is 10.4. The second-order valence-electron chi connectivity index (χ2n) is 2.99. The molecule has 0 bridgehead atoms. The summed E-state index contributed by atoms with van der Waals surface area (Å²) in [6.07, 6.45) is 2.68. The van der Waals surface area contributed by atoms with Crippen molar-refractivity contribution in [3.05, 3.63) is 16.6 Å². The molecule has 0 radical (unpaired) electrons. The Bertz CT molecular complexity index is 274. The lowest BCUT2D eigenvalue weighted by Gasteiger charge is -2.11. The largest absolute Gasteiger partial charge is 0.338 e. The summed E-state index contributed by atoms with van der Waals surface area (Å²) in [5, 5.41) is 8.39. The highest BCUT2D eigenvalue weighted by molar-refractivity contribution is 7.09. The van der Waals surface area contributed by atoms with Crippen molar-refractivity contribution in [1.29, 1.82) is 0 Å². The van der Waals surface area contributed by atoms with Gasteiger partial charge in [0.05, 0.1) is 6.04 Å². The molecule has 1 atom stereocenters. The van der Waals surface area contributed by atoms with Crippen molar-refractivity contribution in [1.82, 2.24) is 15.6 Å². The molecule has 0 aliphatic rings. The molecule has 5 heteroatoms. The van der Waals surface area contributed by atoms with Crippen LogP contribution >= 0.6 is 11.3 Å². The number of carbonyl (C=O) groups is 1. The Morgan fingerprint density at radius 3 is 3.07 bits per heavy atom. The summed E-state index contributed by atoms with van der Waals surface area (Å²) >= 11 is 1.54. The van der Waals surface area contributed by atoms with E-state index in [4.69, 9.17) is 0 Å². The minimum atomic E-state index is -0.130. The van der Waals surface area contributed by atoms with Crippen LogP contribution in [0.3, 0.4) is 0 Å². The van der Waals surface area contributed by atoms with Crippen molar-refractivity contribution in [2.45, 2.75) is 26.3 Å². The molecule has 0 aliphatic carbocycles. The van der Waals surface area contributed by atoms with E-state index in [9.17, 15) is 4.79 Å². The smallest absolute Gasteiger partial charge is 0.315 e. The fourth-order valence-electron chi connectivity index (χ4n) is 0.996. The number of aromatic nitrogens is 1. The number of rotatable bonds is 4. The highest BCUT2D eigenvalue weighted by atomic mass is 32.1. The molecule has 1 heterocycles. The van der Waals surface area contributed by atoms with E-state index in [0.717, 1.165) is 11.4 Å². The highest BCUT2D eigenvalue weighted by Gasteiger charge is 2.10. The van der Waals surface area contributed by atoms with Crippen LogP contribution in [0, 0.1) is 0 Å². The molecule has 2 N–H and O–H groups in total. The van der Waals surface area contributed by atoms with E-state index in [0.29, 0.717) is 6.54 Å². The predicted molar refractivity (Wildman–Crippen MR) is 57.4 cm³/mol. The summed E-state index contributed by atoms with van der Waals surface area (Å²) in [6.45, 7) is 4.64. The van der Waals surface area contributed by atoms with E-state index in [1.165, 1.54) is 0 Å². The monoisotopic (exact) mass is 213 g/mol. The lowest BCUT2D eigenvalue weighted by atomic mass is 10.3. The van der Waals surface area contributed by atoms with Crippen molar-refractivity contribution in [2.24, 2.45) is 0 Å². The number of thiazole rings is 1. The summed E-state index contributed by atoms with van der Waals surface area (Å²) in [5.74, 6) is 0. The second-order valence-corrected chi connectivity index (χ2v) is 3.92. The van der Waals surface area contributed by atoms with Gasteiger partial charge in [-0.05, 0) is 13.3 Å². The van der Waals surface area contributed by atoms with Gasteiger partial charge in [-0.2, -0.15) is 0 Å². The first-order chi connectivity index (χ1) is 6.74. The number of amides is 2. The zero-order valence-electron chi connectivity index (χ0n) is 8.41. The van der Waals surface area contributed by atoms with E-state index < -0.39 is 0 Å². The molecule has 1 aromatic heterocycles. The Hall–Kier alpha value is -1.10. The van der Waals surface area contributed by atoms with Crippen LogP contribution in [-0.2, 0) is 0 Å². The van der Waals surface area contributed by atoms with Gasteiger partial charge in [-0.25, -0.2) is 9.78 Å². The quantitative estimate of drug-likeness (QED) is 0.802. The highest BCUT2D eigenvalue weighted by Crippen LogP contribution is 2.13. The maximum Gasteiger partial charge on any atom is 0.315 e. The molecule has 0 aliphatic heterocycles. The molecule has 1 rings (SSSR count). The number of hydrogen-bond acceptors (Lipinski definition) is 3. The molecule has 0 saturated heterocycles. The van der Waals surface area contributed by atoms with Crippen LogP contribution < -0.4 is 10.6 Å². The average Bonchev–Trinajstić information content (AvgIpc) is 2.67. The molecule has 0 saturated carbocycles. The van der Waals surface area contributed by atoms with Gasteiger partial charge in [-0.15, -0.1) is 11.3 Å². The standard InChI is InChI=1S/C9H15N3OS/c1-3-4-11-9(13)12-7(2)8-10-5-6-14-8/h5-7H,3-4H2,1-2H3,(H2,11,12,13). The van der Waals surface area contributed by atoms with Crippen LogP contribution in [-0.4, -0.2) is 17.6 Å². The summed E-state index contributed by atoms with van der Waals surface area (Å²) in [7, 11) is 0. The molecule has 2 amide bonds. The van der Waals surface area contributed by atoms with Crippen molar-refractivity contribution in [3.63, 3.8) is 0 Å². The summed E-state index contributed by atoms with van der Waals surface area (Å²) in [5.41, 5.74) is 0. The third-order valence-electron chi connectivity index (χ3n) is 1.71. The van der Waals surface area contributed by atoms with Crippen molar-refractivity contribution in [2.75, 3.05) is 6.54 Å². The molecule has 0 aromatic carbocycles. The fourth-order valence-corrected chi connectivity index (χ4v) is 1.64. The lowest BCUT2D eigenvalue weighted by Crippen LogP contribution is -2.37. The van der Waals surface area contributed by atoms with Crippen LogP contribution in [0.15, 0.2) is 11.6 Å². The zero-order valence-corrected chi connectivity index (χ0v) is 9.23. The van der Waals surface area contributed by atoms with Gasteiger partial charge in [0.1, 0.15) is 5.01 Å². The van der Waals surface area contributed by atoms with Crippen molar-refractivity contribution >= 4 is 17.4 Å². The maximum atomic E-state index is 11.3. The van der Waals surface area contributed by atoms with Crippen molar-refractivity contribution in [3.8, 4) is 0 Å². The average molecular weight is 213 g/mol. The number of hydrogen-bond donors (Lipinski definition) is 2. The number of nitrogens with zero attached hydrogens (tertiary/aromatic N) is 1. The SMILES string of the molecule is CCCNC(=O)NC(C)c1nccs1. The first-order valence-corrected chi connectivity index (χ1v) is 5.55. The van der Waals surface area contributed by atoms with Crippen LogP contribution in [0.2, 0.25) is 0 Å². The third-order valence-corrected chi connectivity index (χ3v) is 2.66. The van der Waals surface area contributed by atoms with E-state index in [-0.39, 0.29) is 12.1 Å². The van der Waals surface area contributed by atoms with E-state index in [1.54, 1.807) is 17.5 Å². The van der Waals surface area contributed by atoms with Crippen LogP contribution in [0.1, 0.15) is 31.3 Å². The maximum absolute atomic E-state index is 11.3. The van der Waals surface area contributed by atoms with Gasteiger partial charge in [-0.1, -0.05) is 6.92 Å². The molecule has 0 spiro atoms. The minimum absolute atomic E-state index is 0.0214. The van der Waals surface area contributed by atoms with Gasteiger partial charge in [0.15, 0.2) is 0 Å². The summed E-state index contributed by atoms with van der Waals surface area (Å²) in [6, 6.07) is -0.151. The predicted octanol–water partition coefficient (Wildman–Crippen LogP) is 1.91. The van der Waals surface area contributed by atoms with E-state index in [1.807, 2.05) is 19.2 Å². The van der Waals surface area contributed by atoms with Gasteiger partial charge in [0.2, 0.25) is 0 Å². The topological polar surface area (TPSA) is 54.0 Å². The Morgan fingerprint density at radius 1 is 1.71 bits per heavy atom. The van der Waals surface area contributed by atoms with Crippen LogP contribution in [0.4, 0.5) is 4.79 Å². The molecule has 1 unspecified atom stereocenters. The summed E-state index contributed by atoms with van der Waals surface area (Å²) in [4.78, 5) is 15.4. The van der Waals surface area contributed by atoms with E-state index in [2.05, 4.69) is 15.6 Å². The normalized spacial score (nSPS) is 12.1. The molecule has 1 aromatic rings. The molecule has 4 nitrogen and oxygen atoms in total.